The molecule has 0 spiro atoms. The van der Waals surface area contributed by atoms with Crippen LogP contribution in [0.15, 0.2) is 12.3 Å². The minimum atomic E-state index is 0.535. The molecule has 3 nitrogen and oxygen atoms in total. The second kappa shape index (κ2) is 3.57. The van der Waals surface area contributed by atoms with E-state index < -0.39 is 0 Å². The molecular formula is C8H8ClN3S. The SMILES string of the molecule is NCCc1cnc2nc(Cl)sc2c1. The van der Waals surface area contributed by atoms with Gasteiger partial charge in [0.05, 0.1) is 4.70 Å². The molecule has 0 aliphatic rings. The van der Waals surface area contributed by atoms with Crippen LogP contribution in [0, 0.1) is 0 Å². The molecule has 2 heterocycles. The van der Waals surface area contributed by atoms with Crippen LogP contribution in [0.4, 0.5) is 0 Å². The molecule has 0 radical (unpaired) electrons. The third kappa shape index (κ3) is 1.80. The predicted octanol–water partition coefficient (Wildman–Crippen LogP) is 1.85. The van der Waals surface area contributed by atoms with Gasteiger partial charge in [0.15, 0.2) is 10.1 Å². The Morgan fingerprint density at radius 3 is 3.15 bits per heavy atom. The summed E-state index contributed by atoms with van der Waals surface area (Å²) in [6.07, 6.45) is 2.64. The van der Waals surface area contributed by atoms with Crippen molar-refractivity contribution >= 4 is 33.3 Å². The normalized spacial score (nSPS) is 10.9. The van der Waals surface area contributed by atoms with E-state index in [1.165, 1.54) is 11.3 Å². The van der Waals surface area contributed by atoms with Crippen molar-refractivity contribution in [2.24, 2.45) is 5.73 Å². The minimum Gasteiger partial charge on any atom is -0.330 e. The monoisotopic (exact) mass is 213 g/mol. The Hall–Kier alpha value is -0.710. The van der Waals surface area contributed by atoms with Crippen LogP contribution < -0.4 is 5.73 Å². The van der Waals surface area contributed by atoms with Crippen LogP contribution in [0.2, 0.25) is 4.47 Å². The number of hydrogen-bond donors (Lipinski definition) is 1. The summed E-state index contributed by atoms with van der Waals surface area (Å²) in [6, 6.07) is 2.04. The number of nitrogens with two attached hydrogens (primary N) is 1. The zero-order chi connectivity index (χ0) is 9.26. The predicted molar refractivity (Wildman–Crippen MR) is 55.2 cm³/mol. The number of hydrogen-bond acceptors (Lipinski definition) is 4. The molecule has 0 aliphatic carbocycles. The van der Waals surface area contributed by atoms with Crippen LogP contribution in [0.25, 0.3) is 10.3 Å². The van der Waals surface area contributed by atoms with Gasteiger partial charge in [-0.2, -0.15) is 0 Å². The van der Waals surface area contributed by atoms with Gasteiger partial charge in [-0.15, -0.1) is 11.3 Å². The molecule has 0 aromatic carbocycles. The van der Waals surface area contributed by atoms with E-state index in [-0.39, 0.29) is 0 Å². The topological polar surface area (TPSA) is 51.8 Å². The number of fused-ring (bicyclic) bond motifs is 1. The van der Waals surface area contributed by atoms with E-state index in [9.17, 15) is 0 Å². The van der Waals surface area contributed by atoms with Crippen molar-refractivity contribution in [1.29, 1.82) is 0 Å². The zero-order valence-electron chi connectivity index (χ0n) is 6.83. The van der Waals surface area contributed by atoms with Gasteiger partial charge in [0.1, 0.15) is 0 Å². The molecule has 2 aromatic rings. The van der Waals surface area contributed by atoms with Crippen molar-refractivity contribution in [3.63, 3.8) is 0 Å². The quantitative estimate of drug-likeness (QED) is 0.829. The summed E-state index contributed by atoms with van der Waals surface area (Å²) >= 11 is 7.20. The maximum Gasteiger partial charge on any atom is 0.186 e. The molecule has 5 heteroatoms. The number of thiazole rings is 1. The molecule has 2 aromatic heterocycles. The number of aromatic nitrogens is 2. The summed E-state index contributed by atoms with van der Waals surface area (Å²) in [5.41, 5.74) is 7.30. The lowest BCUT2D eigenvalue weighted by molar-refractivity contribution is 0.963. The summed E-state index contributed by atoms with van der Waals surface area (Å²) in [5.74, 6) is 0. The molecular weight excluding hydrogens is 206 g/mol. The third-order valence-electron chi connectivity index (χ3n) is 1.71. The fraction of sp³-hybridized carbons (Fsp3) is 0.250. The van der Waals surface area contributed by atoms with Gasteiger partial charge >= 0.3 is 0 Å². The fourth-order valence-corrected chi connectivity index (χ4v) is 2.18. The van der Waals surface area contributed by atoms with Crippen LogP contribution >= 0.6 is 22.9 Å². The number of nitrogens with zero attached hydrogens (tertiary/aromatic N) is 2. The Bertz CT molecular complexity index is 426. The number of rotatable bonds is 2. The average molecular weight is 214 g/mol. The first-order valence-electron chi connectivity index (χ1n) is 3.90. The molecule has 0 unspecified atom stereocenters. The summed E-state index contributed by atoms with van der Waals surface area (Å²) in [5, 5.41) is 0. The summed E-state index contributed by atoms with van der Waals surface area (Å²) in [7, 11) is 0. The smallest absolute Gasteiger partial charge is 0.186 e. The summed E-state index contributed by atoms with van der Waals surface area (Å²) < 4.78 is 1.56. The Morgan fingerprint density at radius 1 is 1.54 bits per heavy atom. The molecule has 68 valence electrons. The Balaban J connectivity index is 2.48. The van der Waals surface area contributed by atoms with E-state index in [4.69, 9.17) is 17.3 Å². The third-order valence-corrected chi connectivity index (χ3v) is 2.81. The second-order valence-corrected chi connectivity index (χ2v) is 4.28. The number of halogens is 1. The van der Waals surface area contributed by atoms with Gasteiger partial charge in [0, 0.05) is 6.20 Å². The molecule has 2 rings (SSSR count). The van der Waals surface area contributed by atoms with Crippen LogP contribution in [-0.2, 0) is 6.42 Å². The van der Waals surface area contributed by atoms with Gasteiger partial charge in [-0.3, -0.25) is 0 Å². The van der Waals surface area contributed by atoms with E-state index in [2.05, 4.69) is 9.97 Å². The fourth-order valence-electron chi connectivity index (χ4n) is 1.14. The van der Waals surface area contributed by atoms with Gasteiger partial charge < -0.3 is 5.73 Å². The van der Waals surface area contributed by atoms with E-state index in [0.29, 0.717) is 11.0 Å². The van der Waals surface area contributed by atoms with Gasteiger partial charge in [-0.25, -0.2) is 9.97 Å². The van der Waals surface area contributed by atoms with Crippen molar-refractivity contribution < 1.29 is 0 Å². The van der Waals surface area contributed by atoms with Crippen molar-refractivity contribution in [3.05, 3.63) is 22.3 Å². The highest BCUT2D eigenvalue weighted by Crippen LogP contribution is 2.24. The van der Waals surface area contributed by atoms with E-state index in [0.717, 1.165) is 22.3 Å². The van der Waals surface area contributed by atoms with Crippen molar-refractivity contribution in [2.45, 2.75) is 6.42 Å². The molecule has 0 aliphatic heterocycles. The Morgan fingerprint density at radius 2 is 2.38 bits per heavy atom. The molecule has 0 amide bonds. The molecule has 0 atom stereocenters. The lowest BCUT2D eigenvalue weighted by atomic mass is 10.2. The van der Waals surface area contributed by atoms with Crippen molar-refractivity contribution in [3.8, 4) is 0 Å². The molecule has 2 N–H and O–H groups in total. The van der Waals surface area contributed by atoms with Gasteiger partial charge in [-0.05, 0) is 24.6 Å². The first-order chi connectivity index (χ1) is 6.29. The van der Waals surface area contributed by atoms with Crippen molar-refractivity contribution in [1.82, 2.24) is 9.97 Å². The molecule has 0 saturated carbocycles. The zero-order valence-corrected chi connectivity index (χ0v) is 8.40. The average Bonchev–Trinajstić information content (AvgIpc) is 2.44. The van der Waals surface area contributed by atoms with Crippen LogP contribution in [0.5, 0.6) is 0 Å². The molecule has 13 heavy (non-hydrogen) atoms. The van der Waals surface area contributed by atoms with Crippen LogP contribution in [0.3, 0.4) is 0 Å². The minimum absolute atomic E-state index is 0.535. The van der Waals surface area contributed by atoms with Gasteiger partial charge in [0.2, 0.25) is 0 Å². The van der Waals surface area contributed by atoms with Gasteiger partial charge in [0.25, 0.3) is 0 Å². The molecule has 0 saturated heterocycles. The second-order valence-electron chi connectivity index (χ2n) is 2.67. The Labute approximate surface area is 84.6 Å². The maximum atomic E-state index is 5.76. The largest absolute Gasteiger partial charge is 0.330 e. The maximum absolute atomic E-state index is 5.76. The van der Waals surface area contributed by atoms with E-state index in [1.54, 1.807) is 6.20 Å². The Kier molecular flexibility index (Phi) is 2.44. The standard InChI is InChI=1S/C8H8ClN3S/c9-8-12-7-6(13-8)3-5(1-2-10)4-11-7/h3-4H,1-2,10H2. The highest BCUT2D eigenvalue weighted by atomic mass is 35.5. The first-order valence-corrected chi connectivity index (χ1v) is 5.10. The van der Waals surface area contributed by atoms with Crippen molar-refractivity contribution in [2.75, 3.05) is 6.54 Å². The first kappa shape index (κ1) is 8.87. The molecule has 0 bridgehead atoms. The van der Waals surface area contributed by atoms with Gasteiger partial charge in [-0.1, -0.05) is 11.6 Å². The van der Waals surface area contributed by atoms with Crippen LogP contribution in [0.1, 0.15) is 5.56 Å². The highest BCUT2D eigenvalue weighted by molar-refractivity contribution is 7.22. The number of pyridine rings is 1. The summed E-state index contributed by atoms with van der Waals surface area (Å²) in [6.45, 7) is 0.639. The van der Waals surface area contributed by atoms with E-state index in [1.807, 2.05) is 6.07 Å². The lowest BCUT2D eigenvalue weighted by Gasteiger charge is -1.95. The highest BCUT2D eigenvalue weighted by Gasteiger charge is 2.03. The summed E-state index contributed by atoms with van der Waals surface area (Å²) in [4.78, 5) is 8.24. The lowest BCUT2D eigenvalue weighted by Crippen LogP contribution is -2.02. The van der Waals surface area contributed by atoms with E-state index >= 15 is 0 Å². The molecule has 0 fully saturated rings. The van der Waals surface area contributed by atoms with Crippen LogP contribution in [-0.4, -0.2) is 16.5 Å².